The lowest BCUT2D eigenvalue weighted by Gasteiger charge is -1.96. The highest BCUT2D eigenvalue weighted by Gasteiger charge is 2.10. The monoisotopic (exact) mass is 307 g/mol. The van der Waals surface area contributed by atoms with Gasteiger partial charge in [0.05, 0.1) is 0 Å². The quantitative estimate of drug-likeness (QED) is 0.760. The van der Waals surface area contributed by atoms with E-state index >= 15 is 0 Å². The predicted molar refractivity (Wildman–Crippen MR) is 75.3 cm³/mol. The van der Waals surface area contributed by atoms with Crippen molar-refractivity contribution in [1.82, 2.24) is 9.97 Å². The number of fused-ring (bicyclic) bond motifs is 1. The van der Waals surface area contributed by atoms with Crippen LogP contribution in [0, 0.1) is 0 Å². The van der Waals surface area contributed by atoms with Crippen LogP contribution in [0.4, 0.5) is 5.13 Å². The number of H-pyrrole nitrogens is 1. The van der Waals surface area contributed by atoms with Crippen molar-refractivity contribution >= 4 is 43.3 Å². The largest absolute Gasteiger partial charge is 0.375 e. The standard InChI is InChI=1S/C12H10BrN3S/c13-11-10(17-12(14)16-11)5-7-6-15-9-4-2-1-3-8(7)9/h1-4,6,15H,5H2,(H2,14,16). The summed E-state index contributed by atoms with van der Waals surface area (Å²) in [6.45, 7) is 0. The molecule has 2 heterocycles. The van der Waals surface area contributed by atoms with E-state index in [2.05, 4.69) is 44.1 Å². The summed E-state index contributed by atoms with van der Waals surface area (Å²) in [5, 5.41) is 1.86. The van der Waals surface area contributed by atoms with E-state index < -0.39 is 0 Å². The third kappa shape index (κ3) is 1.96. The molecule has 0 amide bonds. The Bertz CT molecular complexity index is 671. The maximum absolute atomic E-state index is 5.69. The normalized spacial score (nSPS) is 11.1. The Morgan fingerprint density at radius 3 is 2.94 bits per heavy atom. The average molecular weight is 308 g/mol. The first-order valence-corrected chi connectivity index (χ1v) is 6.80. The minimum atomic E-state index is 0.603. The van der Waals surface area contributed by atoms with E-state index in [4.69, 9.17) is 5.73 Å². The van der Waals surface area contributed by atoms with Gasteiger partial charge in [-0.05, 0) is 27.6 Å². The molecule has 0 fully saturated rings. The van der Waals surface area contributed by atoms with Crippen molar-refractivity contribution < 1.29 is 0 Å². The lowest BCUT2D eigenvalue weighted by molar-refractivity contribution is 1.20. The Hall–Kier alpha value is -1.33. The number of nitrogens with two attached hydrogens (primary N) is 1. The zero-order valence-corrected chi connectivity index (χ0v) is 11.3. The van der Waals surface area contributed by atoms with Gasteiger partial charge in [0.25, 0.3) is 0 Å². The van der Waals surface area contributed by atoms with E-state index in [1.54, 1.807) is 0 Å². The van der Waals surface area contributed by atoms with Crippen LogP contribution in [0.1, 0.15) is 10.4 Å². The molecule has 86 valence electrons. The molecule has 0 aliphatic heterocycles. The van der Waals surface area contributed by atoms with E-state index in [0.29, 0.717) is 5.13 Å². The highest BCUT2D eigenvalue weighted by molar-refractivity contribution is 9.10. The zero-order valence-electron chi connectivity index (χ0n) is 8.90. The van der Waals surface area contributed by atoms with Crippen molar-refractivity contribution in [3.05, 3.63) is 45.5 Å². The van der Waals surface area contributed by atoms with E-state index in [0.717, 1.165) is 21.4 Å². The van der Waals surface area contributed by atoms with Crippen molar-refractivity contribution in [2.24, 2.45) is 0 Å². The number of aromatic nitrogens is 2. The Kier molecular flexibility index (Phi) is 2.64. The summed E-state index contributed by atoms with van der Waals surface area (Å²) < 4.78 is 0.852. The molecule has 3 aromatic rings. The number of para-hydroxylation sites is 1. The summed E-state index contributed by atoms with van der Waals surface area (Å²) in [5.74, 6) is 0. The highest BCUT2D eigenvalue weighted by atomic mass is 79.9. The molecule has 0 saturated heterocycles. The predicted octanol–water partition coefficient (Wildman–Crippen LogP) is 3.56. The molecule has 0 radical (unpaired) electrons. The topological polar surface area (TPSA) is 54.7 Å². The van der Waals surface area contributed by atoms with Crippen molar-refractivity contribution in [2.45, 2.75) is 6.42 Å². The number of rotatable bonds is 2. The summed E-state index contributed by atoms with van der Waals surface area (Å²) in [6, 6.07) is 8.29. The lowest BCUT2D eigenvalue weighted by atomic mass is 10.1. The number of nitrogens with zero attached hydrogens (tertiary/aromatic N) is 1. The Labute approximate surface area is 111 Å². The molecule has 3 nitrogen and oxygen atoms in total. The minimum absolute atomic E-state index is 0.603. The molecular weight excluding hydrogens is 298 g/mol. The summed E-state index contributed by atoms with van der Waals surface area (Å²) in [4.78, 5) is 8.61. The molecule has 0 aliphatic carbocycles. The maximum Gasteiger partial charge on any atom is 0.181 e. The van der Waals surface area contributed by atoms with E-state index in [-0.39, 0.29) is 0 Å². The molecule has 17 heavy (non-hydrogen) atoms. The van der Waals surface area contributed by atoms with Gasteiger partial charge in [0.2, 0.25) is 0 Å². The fourth-order valence-corrected chi connectivity index (χ4v) is 3.35. The second kappa shape index (κ2) is 4.16. The van der Waals surface area contributed by atoms with E-state index in [1.165, 1.54) is 22.3 Å². The second-order valence-corrected chi connectivity index (χ2v) is 5.67. The molecule has 3 rings (SSSR count). The van der Waals surface area contributed by atoms with Gasteiger partial charge in [-0.2, -0.15) is 0 Å². The molecule has 5 heteroatoms. The first-order chi connectivity index (χ1) is 8.24. The molecule has 0 bridgehead atoms. The first-order valence-electron chi connectivity index (χ1n) is 5.19. The van der Waals surface area contributed by atoms with Crippen LogP contribution < -0.4 is 5.73 Å². The van der Waals surface area contributed by atoms with Crippen LogP contribution in [0.25, 0.3) is 10.9 Å². The van der Waals surface area contributed by atoms with Crippen LogP contribution in [0.3, 0.4) is 0 Å². The SMILES string of the molecule is Nc1nc(Br)c(Cc2c[nH]c3ccccc23)s1. The lowest BCUT2D eigenvalue weighted by Crippen LogP contribution is -1.83. The summed E-state index contributed by atoms with van der Waals surface area (Å²) in [5.41, 5.74) is 8.12. The van der Waals surface area contributed by atoms with E-state index in [9.17, 15) is 0 Å². The van der Waals surface area contributed by atoms with Crippen LogP contribution >= 0.6 is 27.3 Å². The van der Waals surface area contributed by atoms with Gasteiger partial charge in [0.15, 0.2) is 5.13 Å². The van der Waals surface area contributed by atoms with Crippen molar-refractivity contribution in [3.63, 3.8) is 0 Å². The van der Waals surface area contributed by atoms with Gasteiger partial charge in [-0.3, -0.25) is 0 Å². The Balaban J connectivity index is 2.03. The second-order valence-electron chi connectivity index (χ2n) is 3.80. The smallest absolute Gasteiger partial charge is 0.181 e. The summed E-state index contributed by atoms with van der Waals surface area (Å²) in [6.07, 6.45) is 2.90. The molecule has 0 spiro atoms. The summed E-state index contributed by atoms with van der Waals surface area (Å²) in [7, 11) is 0. The maximum atomic E-state index is 5.69. The number of thiazole rings is 1. The Morgan fingerprint density at radius 1 is 1.35 bits per heavy atom. The number of halogens is 1. The van der Waals surface area contributed by atoms with Gasteiger partial charge in [-0.15, -0.1) is 11.3 Å². The molecule has 1 aromatic carbocycles. The van der Waals surface area contributed by atoms with Crippen LogP contribution in [0.5, 0.6) is 0 Å². The molecule has 0 aliphatic rings. The van der Waals surface area contributed by atoms with Crippen molar-refractivity contribution in [1.29, 1.82) is 0 Å². The van der Waals surface area contributed by atoms with Crippen molar-refractivity contribution in [3.8, 4) is 0 Å². The molecule has 0 atom stereocenters. The van der Waals surface area contributed by atoms with Gasteiger partial charge < -0.3 is 10.7 Å². The Morgan fingerprint density at radius 2 is 2.18 bits per heavy atom. The third-order valence-corrected chi connectivity index (χ3v) is 4.50. The van der Waals surface area contributed by atoms with Crippen LogP contribution in [-0.2, 0) is 6.42 Å². The average Bonchev–Trinajstić information content (AvgIpc) is 2.85. The zero-order chi connectivity index (χ0) is 11.8. The number of hydrogen-bond donors (Lipinski definition) is 2. The molecule has 0 saturated carbocycles. The number of nitrogen functional groups attached to an aromatic ring is 1. The van der Waals surface area contributed by atoms with E-state index in [1.807, 2.05) is 12.3 Å². The number of aromatic amines is 1. The number of anilines is 1. The van der Waals surface area contributed by atoms with Gasteiger partial charge in [0, 0.05) is 28.4 Å². The fourth-order valence-electron chi connectivity index (χ4n) is 1.91. The number of hydrogen-bond acceptors (Lipinski definition) is 3. The molecule has 3 N–H and O–H groups in total. The third-order valence-electron chi connectivity index (χ3n) is 2.69. The molecular formula is C12H10BrN3S. The number of benzene rings is 1. The van der Waals surface area contributed by atoms with Crippen LogP contribution in [0.15, 0.2) is 35.1 Å². The molecule has 2 aromatic heterocycles. The number of nitrogens with one attached hydrogen (secondary N) is 1. The van der Waals surface area contributed by atoms with Crippen molar-refractivity contribution in [2.75, 3.05) is 5.73 Å². The van der Waals surface area contributed by atoms with Gasteiger partial charge >= 0.3 is 0 Å². The van der Waals surface area contributed by atoms with Crippen LogP contribution in [-0.4, -0.2) is 9.97 Å². The van der Waals surface area contributed by atoms with Crippen LogP contribution in [0.2, 0.25) is 0 Å². The fraction of sp³-hybridized carbons (Fsp3) is 0.0833. The highest BCUT2D eigenvalue weighted by Crippen LogP contribution is 2.29. The molecule has 0 unspecified atom stereocenters. The van der Waals surface area contributed by atoms with Gasteiger partial charge in [0.1, 0.15) is 4.60 Å². The first kappa shape index (κ1) is 10.8. The van der Waals surface area contributed by atoms with Gasteiger partial charge in [-0.1, -0.05) is 18.2 Å². The van der Waals surface area contributed by atoms with Gasteiger partial charge in [-0.25, -0.2) is 4.98 Å². The summed E-state index contributed by atoms with van der Waals surface area (Å²) >= 11 is 4.96. The minimum Gasteiger partial charge on any atom is -0.375 e.